The van der Waals surface area contributed by atoms with Crippen molar-refractivity contribution in [2.45, 2.75) is 52.2 Å². The van der Waals surface area contributed by atoms with E-state index in [0.717, 1.165) is 5.56 Å². The number of amides is 2. The van der Waals surface area contributed by atoms with Crippen LogP contribution in [0, 0.1) is 10.1 Å². The third-order valence-corrected chi connectivity index (χ3v) is 4.86. The number of carbonyl (C=O) groups is 2. The van der Waals surface area contributed by atoms with Gasteiger partial charge in [0.15, 0.2) is 0 Å². The lowest BCUT2D eigenvalue weighted by atomic mass is 10.1. The number of nitrogens with one attached hydrogen (secondary N) is 1. The first-order valence-corrected chi connectivity index (χ1v) is 10.2. The van der Waals surface area contributed by atoms with Crippen LogP contribution in [0.4, 0.5) is 5.69 Å². The molecule has 0 radical (unpaired) electrons. The molecule has 0 aliphatic heterocycles. The molecule has 0 saturated heterocycles. The molecule has 160 valence electrons. The molecule has 0 aromatic heterocycles. The van der Waals surface area contributed by atoms with Gasteiger partial charge in [-0.2, -0.15) is 0 Å². The fraction of sp³-hybridized carbons (Fsp3) is 0.364. The van der Waals surface area contributed by atoms with Crippen molar-refractivity contribution in [1.82, 2.24) is 10.2 Å². The largest absolute Gasteiger partial charge is 0.352 e. The SMILES string of the molecule is CC[C@@H](C(=O)NC(C)C)N(Cc1ccc(Cl)cc1)C(=O)Cc1ccccc1[N+](=O)[O-]. The molecule has 0 spiro atoms. The minimum Gasteiger partial charge on any atom is -0.352 e. The number of nitro groups is 1. The number of nitro benzene ring substituents is 1. The molecule has 0 bridgehead atoms. The summed E-state index contributed by atoms with van der Waals surface area (Å²) >= 11 is 5.95. The van der Waals surface area contributed by atoms with Crippen molar-refractivity contribution in [3.8, 4) is 0 Å². The summed E-state index contributed by atoms with van der Waals surface area (Å²) < 4.78 is 0. The Morgan fingerprint density at radius 1 is 1.13 bits per heavy atom. The maximum atomic E-state index is 13.2. The first kappa shape index (κ1) is 23.3. The molecule has 30 heavy (non-hydrogen) atoms. The topological polar surface area (TPSA) is 92.6 Å². The van der Waals surface area contributed by atoms with E-state index >= 15 is 0 Å². The average Bonchev–Trinajstić information content (AvgIpc) is 2.69. The molecular formula is C22H26ClN3O4. The Bertz CT molecular complexity index is 900. The predicted octanol–water partition coefficient (Wildman–Crippen LogP) is 4.12. The normalized spacial score (nSPS) is 11.8. The molecular weight excluding hydrogens is 406 g/mol. The first-order valence-electron chi connectivity index (χ1n) is 9.79. The van der Waals surface area contributed by atoms with Crippen molar-refractivity contribution in [1.29, 1.82) is 0 Å². The zero-order valence-electron chi connectivity index (χ0n) is 17.3. The molecule has 0 aliphatic rings. The van der Waals surface area contributed by atoms with Crippen molar-refractivity contribution in [3.63, 3.8) is 0 Å². The molecule has 7 nitrogen and oxygen atoms in total. The van der Waals surface area contributed by atoms with Gasteiger partial charge in [0.05, 0.1) is 11.3 Å². The molecule has 0 unspecified atom stereocenters. The van der Waals surface area contributed by atoms with E-state index in [9.17, 15) is 19.7 Å². The van der Waals surface area contributed by atoms with Crippen LogP contribution in [0.1, 0.15) is 38.3 Å². The van der Waals surface area contributed by atoms with Crippen LogP contribution in [0.3, 0.4) is 0 Å². The number of rotatable bonds is 9. The molecule has 1 N–H and O–H groups in total. The highest BCUT2D eigenvalue weighted by molar-refractivity contribution is 6.30. The van der Waals surface area contributed by atoms with Gasteiger partial charge in [0, 0.05) is 29.2 Å². The summed E-state index contributed by atoms with van der Waals surface area (Å²) in [5.41, 5.74) is 1.01. The lowest BCUT2D eigenvalue weighted by molar-refractivity contribution is -0.385. The van der Waals surface area contributed by atoms with Crippen LogP contribution < -0.4 is 5.32 Å². The number of halogens is 1. The van der Waals surface area contributed by atoms with Crippen molar-refractivity contribution in [2.24, 2.45) is 0 Å². The fourth-order valence-electron chi connectivity index (χ4n) is 3.19. The molecule has 0 saturated carbocycles. The van der Waals surface area contributed by atoms with Crippen molar-refractivity contribution < 1.29 is 14.5 Å². The Kier molecular flexibility index (Phi) is 8.35. The zero-order valence-corrected chi connectivity index (χ0v) is 18.1. The Hall–Kier alpha value is -2.93. The summed E-state index contributed by atoms with van der Waals surface area (Å²) in [6.07, 6.45) is 0.241. The van der Waals surface area contributed by atoms with E-state index in [0.29, 0.717) is 17.0 Å². The lowest BCUT2D eigenvalue weighted by Gasteiger charge is -2.31. The van der Waals surface area contributed by atoms with Gasteiger partial charge in [-0.05, 0) is 38.0 Å². The molecule has 2 aromatic carbocycles. The van der Waals surface area contributed by atoms with Crippen LogP contribution in [0.15, 0.2) is 48.5 Å². The van der Waals surface area contributed by atoms with E-state index < -0.39 is 11.0 Å². The van der Waals surface area contributed by atoms with Gasteiger partial charge in [0.1, 0.15) is 6.04 Å². The van der Waals surface area contributed by atoms with Gasteiger partial charge in [-0.15, -0.1) is 0 Å². The van der Waals surface area contributed by atoms with Crippen LogP contribution in [-0.4, -0.2) is 33.7 Å². The molecule has 2 rings (SSSR count). The second kappa shape index (κ2) is 10.7. The van der Waals surface area contributed by atoms with E-state index in [1.54, 1.807) is 42.5 Å². The Morgan fingerprint density at radius 3 is 2.33 bits per heavy atom. The lowest BCUT2D eigenvalue weighted by Crippen LogP contribution is -2.50. The summed E-state index contributed by atoms with van der Waals surface area (Å²) in [4.78, 5) is 38.3. The van der Waals surface area contributed by atoms with Crippen LogP contribution >= 0.6 is 11.6 Å². The molecule has 2 amide bonds. The minimum atomic E-state index is -0.696. The molecule has 0 heterocycles. The number of para-hydroxylation sites is 1. The Morgan fingerprint density at radius 2 is 1.77 bits per heavy atom. The predicted molar refractivity (Wildman–Crippen MR) is 116 cm³/mol. The maximum Gasteiger partial charge on any atom is 0.273 e. The molecule has 2 aromatic rings. The summed E-state index contributed by atoms with van der Waals surface area (Å²) in [6, 6.07) is 12.4. The van der Waals surface area contributed by atoms with E-state index in [-0.39, 0.29) is 36.5 Å². The van der Waals surface area contributed by atoms with Gasteiger partial charge < -0.3 is 10.2 Å². The van der Waals surface area contributed by atoms with E-state index in [1.807, 2.05) is 20.8 Å². The van der Waals surface area contributed by atoms with Gasteiger partial charge in [-0.25, -0.2) is 0 Å². The fourth-order valence-corrected chi connectivity index (χ4v) is 3.32. The number of carbonyl (C=O) groups excluding carboxylic acids is 2. The summed E-state index contributed by atoms with van der Waals surface area (Å²) in [6.45, 7) is 5.73. The van der Waals surface area contributed by atoms with Crippen LogP contribution in [0.5, 0.6) is 0 Å². The van der Waals surface area contributed by atoms with Gasteiger partial charge >= 0.3 is 0 Å². The standard InChI is InChI=1S/C22H26ClN3O4/c1-4-19(22(28)24-15(2)3)25(14-16-9-11-18(23)12-10-16)21(27)13-17-7-5-6-8-20(17)26(29)30/h5-12,15,19H,4,13-14H2,1-3H3,(H,24,28)/t19-/m0/s1. The number of nitrogens with zero attached hydrogens (tertiary/aromatic N) is 2. The first-order chi connectivity index (χ1) is 14.2. The van der Waals surface area contributed by atoms with Gasteiger partial charge in [-0.1, -0.05) is 48.9 Å². The third-order valence-electron chi connectivity index (χ3n) is 4.61. The van der Waals surface area contributed by atoms with Crippen molar-refractivity contribution >= 4 is 29.1 Å². The summed E-state index contributed by atoms with van der Waals surface area (Å²) in [5.74, 6) is -0.609. The number of hydrogen-bond donors (Lipinski definition) is 1. The second-order valence-corrected chi connectivity index (χ2v) is 7.73. The van der Waals surface area contributed by atoms with Crippen LogP contribution in [-0.2, 0) is 22.6 Å². The zero-order chi connectivity index (χ0) is 22.3. The smallest absolute Gasteiger partial charge is 0.273 e. The quantitative estimate of drug-likeness (QED) is 0.477. The van der Waals surface area contributed by atoms with E-state index in [4.69, 9.17) is 11.6 Å². The van der Waals surface area contributed by atoms with Crippen molar-refractivity contribution in [2.75, 3.05) is 0 Å². The van der Waals surface area contributed by atoms with Gasteiger partial charge in [-0.3, -0.25) is 19.7 Å². The van der Waals surface area contributed by atoms with Crippen molar-refractivity contribution in [3.05, 3.63) is 74.8 Å². The van der Waals surface area contributed by atoms with Gasteiger partial charge in [0.2, 0.25) is 11.8 Å². The van der Waals surface area contributed by atoms with Gasteiger partial charge in [0.25, 0.3) is 5.69 Å². The molecule has 8 heteroatoms. The summed E-state index contributed by atoms with van der Waals surface area (Å²) in [5, 5.41) is 14.7. The van der Waals surface area contributed by atoms with Crippen LogP contribution in [0.2, 0.25) is 5.02 Å². The number of benzene rings is 2. The molecule has 0 aliphatic carbocycles. The highest BCUT2D eigenvalue weighted by Crippen LogP contribution is 2.21. The highest BCUT2D eigenvalue weighted by atomic mass is 35.5. The van der Waals surface area contributed by atoms with E-state index in [2.05, 4.69) is 5.32 Å². The highest BCUT2D eigenvalue weighted by Gasteiger charge is 2.30. The van der Waals surface area contributed by atoms with Crippen LogP contribution in [0.25, 0.3) is 0 Å². The molecule has 0 fully saturated rings. The maximum absolute atomic E-state index is 13.2. The average molecular weight is 432 g/mol. The Balaban J connectivity index is 2.36. The van der Waals surface area contributed by atoms with E-state index in [1.165, 1.54) is 11.0 Å². The third kappa shape index (κ3) is 6.29. The Labute approximate surface area is 181 Å². The second-order valence-electron chi connectivity index (χ2n) is 7.30. The minimum absolute atomic E-state index is 0.0748. The summed E-state index contributed by atoms with van der Waals surface area (Å²) in [7, 11) is 0. The number of hydrogen-bond acceptors (Lipinski definition) is 4. The monoisotopic (exact) mass is 431 g/mol. The molecule has 1 atom stereocenters.